The molecule has 0 aliphatic carbocycles. The average Bonchev–Trinajstić information content (AvgIpc) is 2.41. The van der Waals surface area contributed by atoms with Crippen LogP contribution in [-0.4, -0.2) is 35.6 Å². The van der Waals surface area contributed by atoms with Crippen molar-refractivity contribution in [3.63, 3.8) is 0 Å². The molecule has 144 valence electrons. The molecule has 9 heteroatoms. The van der Waals surface area contributed by atoms with Crippen LogP contribution >= 0.6 is 0 Å². The molecule has 0 aliphatic rings. The van der Waals surface area contributed by atoms with Crippen LogP contribution in [0, 0.1) is 0 Å². The van der Waals surface area contributed by atoms with E-state index in [1.165, 1.54) is 0 Å². The second-order valence-electron chi connectivity index (χ2n) is 5.75. The van der Waals surface area contributed by atoms with Crippen LogP contribution in [0.1, 0.15) is 64.7 Å². The van der Waals surface area contributed by atoms with E-state index in [9.17, 15) is 31.1 Å². The quantitative estimate of drug-likeness (QED) is 0.321. The van der Waals surface area contributed by atoms with Gasteiger partial charge in [-0.05, 0) is 19.3 Å². The van der Waals surface area contributed by atoms with E-state index in [2.05, 4.69) is 4.74 Å². The standard InChI is InChI=1S/C15H24F6O3/c1-11(22)24-13(15(19,20)21)10-8-6-4-2-3-5-7-9-12(23)14(16,17)18/h12-13,23H,2-10H2,1H3/t12-,13+/m0/s1. The van der Waals surface area contributed by atoms with Crippen molar-refractivity contribution in [2.75, 3.05) is 0 Å². The molecule has 0 heterocycles. The number of alkyl halides is 6. The second kappa shape index (κ2) is 10.8. The fraction of sp³-hybridized carbons (Fsp3) is 0.933. The number of hydrogen-bond donors (Lipinski definition) is 1. The van der Waals surface area contributed by atoms with Gasteiger partial charge < -0.3 is 9.84 Å². The summed E-state index contributed by atoms with van der Waals surface area (Å²) < 4.78 is 78.0. The summed E-state index contributed by atoms with van der Waals surface area (Å²) in [6.07, 6.45) is -10.6. The Bertz CT molecular complexity index is 354. The van der Waals surface area contributed by atoms with Crippen molar-refractivity contribution in [2.45, 2.75) is 89.3 Å². The third-order valence-corrected chi connectivity index (χ3v) is 3.50. The molecule has 0 saturated heterocycles. The largest absolute Gasteiger partial charge is 0.453 e. The van der Waals surface area contributed by atoms with Gasteiger partial charge in [0.05, 0.1) is 0 Å². The predicted octanol–water partition coefficient (Wildman–Crippen LogP) is 4.91. The highest BCUT2D eigenvalue weighted by molar-refractivity contribution is 5.66. The van der Waals surface area contributed by atoms with Crippen LogP contribution in [0.5, 0.6) is 0 Å². The van der Waals surface area contributed by atoms with E-state index in [-0.39, 0.29) is 25.7 Å². The molecule has 0 radical (unpaired) electrons. The molecule has 0 amide bonds. The summed E-state index contributed by atoms with van der Waals surface area (Å²) in [5.41, 5.74) is 0. The van der Waals surface area contributed by atoms with Crippen molar-refractivity contribution in [2.24, 2.45) is 0 Å². The lowest BCUT2D eigenvalue weighted by molar-refractivity contribution is -0.221. The molecule has 3 nitrogen and oxygen atoms in total. The van der Waals surface area contributed by atoms with Crippen LogP contribution in [0.4, 0.5) is 26.3 Å². The van der Waals surface area contributed by atoms with Crippen LogP contribution in [0.3, 0.4) is 0 Å². The third kappa shape index (κ3) is 11.5. The van der Waals surface area contributed by atoms with Gasteiger partial charge in [0.2, 0.25) is 0 Å². The van der Waals surface area contributed by atoms with Gasteiger partial charge in [0.1, 0.15) is 6.10 Å². The minimum Gasteiger partial charge on any atom is -0.453 e. The first-order chi connectivity index (χ1) is 10.9. The molecule has 0 aromatic heterocycles. The molecule has 0 aromatic rings. The predicted molar refractivity (Wildman–Crippen MR) is 75.2 cm³/mol. The number of esters is 1. The number of carbonyl (C=O) groups is 1. The third-order valence-electron chi connectivity index (χ3n) is 3.50. The maximum absolute atomic E-state index is 12.6. The smallest absolute Gasteiger partial charge is 0.425 e. The van der Waals surface area contributed by atoms with Gasteiger partial charge in [-0.15, -0.1) is 0 Å². The highest BCUT2D eigenvalue weighted by atomic mass is 19.4. The van der Waals surface area contributed by atoms with Crippen molar-refractivity contribution >= 4 is 5.97 Å². The summed E-state index contributed by atoms with van der Waals surface area (Å²) >= 11 is 0. The van der Waals surface area contributed by atoms with Gasteiger partial charge in [-0.2, -0.15) is 26.3 Å². The van der Waals surface area contributed by atoms with Crippen molar-refractivity contribution < 1.29 is 41.0 Å². The molecule has 1 N–H and O–H groups in total. The summed E-state index contributed by atoms with van der Waals surface area (Å²) in [7, 11) is 0. The molecule has 0 aromatic carbocycles. The topological polar surface area (TPSA) is 46.5 Å². The molecule has 0 bridgehead atoms. The van der Waals surface area contributed by atoms with E-state index in [4.69, 9.17) is 5.11 Å². The number of hydrogen-bond acceptors (Lipinski definition) is 3. The Hall–Kier alpha value is -0.990. The zero-order valence-electron chi connectivity index (χ0n) is 13.6. The normalized spacial score (nSPS) is 15.2. The fourth-order valence-electron chi connectivity index (χ4n) is 2.20. The number of unbranched alkanes of at least 4 members (excludes halogenated alkanes) is 6. The van der Waals surface area contributed by atoms with Gasteiger partial charge in [0.15, 0.2) is 6.10 Å². The minimum atomic E-state index is -4.59. The van der Waals surface area contributed by atoms with Crippen LogP contribution in [0.2, 0.25) is 0 Å². The number of aliphatic hydroxyl groups is 1. The molecule has 0 saturated carbocycles. The van der Waals surface area contributed by atoms with E-state index in [1.807, 2.05) is 0 Å². The van der Waals surface area contributed by atoms with Crippen LogP contribution in [-0.2, 0) is 9.53 Å². The van der Waals surface area contributed by atoms with Crippen LogP contribution in [0.15, 0.2) is 0 Å². The summed E-state index contributed by atoms with van der Waals surface area (Å²) in [5, 5.41) is 8.79. The maximum atomic E-state index is 12.6. The Kier molecular flexibility index (Phi) is 10.3. The molecule has 2 atom stereocenters. The summed E-state index contributed by atoms with van der Waals surface area (Å²) in [6.45, 7) is 0.925. The first-order valence-electron chi connectivity index (χ1n) is 7.93. The highest BCUT2D eigenvalue weighted by Gasteiger charge is 2.41. The average molecular weight is 366 g/mol. The van der Waals surface area contributed by atoms with E-state index >= 15 is 0 Å². The first kappa shape index (κ1) is 23.0. The molecular weight excluding hydrogens is 342 g/mol. The van der Waals surface area contributed by atoms with Crippen LogP contribution in [0.25, 0.3) is 0 Å². The van der Waals surface area contributed by atoms with Gasteiger partial charge in [-0.1, -0.05) is 38.5 Å². The Morgan fingerprint density at radius 1 is 0.833 bits per heavy atom. The Morgan fingerprint density at radius 3 is 1.62 bits per heavy atom. The van der Waals surface area contributed by atoms with Crippen LogP contribution < -0.4 is 0 Å². The van der Waals surface area contributed by atoms with E-state index in [0.29, 0.717) is 32.1 Å². The molecule has 0 rings (SSSR count). The van der Waals surface area contributed by atoms with E-state index in [1.54, 1.807) is 0 Å². The number of carbonyl (C=O) groups excluding carboxylic acids is 1. The highest BCUT2D eigenvalue weighted by Crippen LogP contribution is 2.27. The SMILES string of the molecule is CC(=O)O[C@H](CCCCCCCCC[C@H](O)C(F)(F)F)C(F)(F)F. The Labute approximate surface area is 137 Å². The zero-order valence-corrected chi connectivity index (χ0v) is 13.6. The first-order valence-corrected chi connectivity index (χ1v) is 7.93. The van der Waals surface area contributed by atoms with Crippen molar-refractivity contribution in [3.8, 4) is 0 Å². The lowest BCUT2D eigenvalue weighted by Gasteiger charge is -2.19. The molecule has 0 spiro atoms. The summed E-state index contributed by atoms with van der Waals surface area (Å²) in [4.78, 5) is 10.6. The van der Waals surface area contributed by atoms with Gasteiger partial charge in [0.25, 0.3) is 0 Å². The maximum Gasteiger partial charge on any atom is 0.425 e. The number of rotatable bonds is 11. The van der Waals surface area contributed by atoms with Gasteiger partial charge in [-0.25, -0.2) is 0 Å². The number of aliphatic hydroxyl groups excluding tert-OH is 1. The summed E-state index contributed by atoms with van der Waals surface area (Å²) in [6, 6.07) is 0. The monoisotopic (exact) mass is 366 g/mol. The molecule has 24 heavy (non-hydrogen) atoms. The van der Waals surface area contributed by atoms with E-state index in [0.717, 1.165) is 6.92 Å². The molecule has 0 unspecified atom stereocenters. The molecule has 0 aliphatic heterocycles. The van der Waals surface area contributed by atoms with Crippen molar-refractivity contribution in [3.05, 3.63) is 0 Å². The second-order valence-corrected chi connectivity index (χ2v) is 5.75. The number of ether oxygens (including phenoxy) is 1. The van der Waals surface area contributed by atoms with Gasteiger partial charge >= 0.3 is 18.3 Å². The summed E-state index contributed by atoms with van der Waals surface area (Å²) in [5.74, 6) is -0.974. The number of halogens is 6. The zero-order chi connectivity index (χ0) is 18.8. The van der Waals surface area contributed by atoms with Gasteiger partial charge in [-0.3, -0.25) is 4.79 Å². The molecular formula is C15H24F6O3. The lowest BCUT2D eigenvalue weighted by Crippen LogP contribution is -2.33. The minimum absolute atomic E-state index is 0.253. The fourth-order valence-corrected chi connectivity index (χ4v) is 2.20. The Morgan fingerprint density at radius 2 is 1.25 bits per heavy atom. The van der Waals surface area contributed by atoms with Crippen molar-refractivity contribution in [1.29, 1.82) is 0 Å². The lowest BCUT2D eigenvalue weighted by atomic mass is 10.0. The Balaban J connectivity index is 3.67. The van der Waals surface area contributed by atoms with Crippen molar-refractivity contribution in [1.82, 2.24) is 0 Å². The van der Waals surface area contributed by atoms with E-state index < -0.39 is 30.5 Å². The molecule has 0 fully saturated rings. The van der Waals surface area contributed by atoms with Gasteiger partial charge in [0, 0.05) is 6.92 Å².